The Bertz CT molecular complexity index is 435. The van der Waals surface area contributed by atoms with Gasteiger partial charge < -0.3 is 5.11 Å². The lowest BCUT2D eigenvalue weighted by Crippen LogP contribution is -2.10. The van der Waals surface area contributed by atoms with Crippen molar-refractivity contribution in [1.29, 1.82) is 0 Å². The van der Waals surface area contributed by atoms with Crippen molar-refractivity contribution in [2.75, 3.05) is 0 Å². The molecule has 0 amide bonds. The van der Waals surface area contributed by atoms with Gasteiger partial charge in [0, 0.05) is 5.56 Å². The van der Waals surface area contributed by atoms with Gasteiger partial charge >= 0.3 is 5.97 Å². The highest BCUT2D eigenvalue weighted by molar-refractivity contribution is 9.10. The molecule has 3 nitrogen and oxygen atoms in total. The van der Waals surface area contributed by atoms with Crippen LogP contribution in [-0.2, 0) is 6.42 Å². The van der Waals surface area contributed by atoms with Crippen molar-refractivity contribution in [3.05, 3.63) is 40.1 Å². The van der Waals surface area contributed by atoms with Crippen molar-refractivity contribution in [3.8, 4) is 0 Å². The van der Waals surface area contributed by atoms with Crippen molar-refractivity contribution >= 4 is 21.9 Å². The molecule has 6 heteroatoms. The summed E-state index contributed by atoms with van der Waals surface area (Å²) >= 11 is 2.85. The van der Waals surface area contributed by atoms with Gasteiger partial charge in [0.05, 0.1) is 0 Å². The lowest BCUT2D eigenvalue weighted by molar-refractivity contribution is 0.0684. The maximum Gasteiger partial charge on any atom is 0.343 e. The first-order chi connectivity index (χ1) is 6.99. The molecule has 0 aliphatic carbocycles. The zero-order valence-electron chi connectivity index (χ0n) is 7.43. The van der Waals surface area contributed by atoms with Crippen molar-refractivity contribution in [2.24, 2.45) is 0 Å². The second kappa shape index (κ2) is 4.48. The number of allylic oxidation sites excluding steroid dienone is 1. The molecule has 0 saturated carbocycles. The second-order valence-electron chi connectivity index (χ2n) is 2.66. The quantitative estimate of drug-likeness (QED) is 0.682. The molecule has 80 valence electrons. The van der Waals surface area contributed by atoms with Gasteiger partial charge in [-0.2, -0.15) is 4.39 Å². The highest BCUT2D eigenvalue weighted by Gasteiger charge is 2.23. The normalized spacial score (nSPS) is 10.1. The maximum absolute atomic E-state index is 13.5. The summed E-state index contributed by atoms with van der Waals surface area (Å²) in [5.74, 6) is -4.16. The molecule has 0 unspecified atom stereocenters. The molecule has 0 aromatic carbocycles. The molecule has 0 spiro atoms. The zero-order chi connectivity index (χ0) is 11.6. The summed E-state index contributed by atoms with van der Waals surface area (Å²) in [5.41, 5.74) is -1.07. The molecule has 1 heterocycles. The second-order valence-corrected chi connectivity index (χ2v) is 3.41. The largest absolute Gasteiger partial charge is 0.477 e. The van der Waals surface area contributed by atoms with Crippen LogP contribution in [0.5, 0.6) is 0 Å². The number of pyridine rings is 1. The van der Waals surface area contributed by atoms with Crippen molar-refractivity contribution in [3.63, 3.8) is 0 Å². The van der Waals surface area contributed by atoms with E-state index >= 15 is 0 Å². The van der Waals surface area contributed by atoms with E-state index in [4.69, 9.17) is 5.11 Å². The van der Waals surface area contributed by atoms with Gasteiger partial charge in [0.1, 0.15) is 10.4 Å². The first kappa shape index (κ1) is 11.8. The number of aromatic carboxylic acids is 1. The number of carboxylic acids is 1. The predicted molar refractivity (Wildman–Crippen MR) is 52.7 cm³/mol. The van der Waals surface area contributed by atoms with Crippen LogP contribution in [0.3, 0.4) is 0 Å². The third-order valence-corrected chi connectivity index (χ3v) is 2.35. The number of aromatic nitrogens is 1. The van der Waals surface area contributed by atoms with E-state index in [1.165, 1.54) is 6.08 Å². The summed E-state index contributed by atoms with van der Waals surface area (Å²) in [6.07, 6.45) is 1.44. The van der Waals surface area contributed by atoms with E-state index in [1.807, 2.05) is 0 Å². The van der Waals surface area contributed by atoms with Crippen LogP contribution in [0.15, 0.2) is 17.3 Å². The fraction of sp³-hybridized carbons (Fsp3) is 0.111. The Morgan fingerprint density at radius 3 is 2.67 bits per heavy atom. The molecule has 1 aromatic heterocycles. The Hall–Kier alpha value is -1.30. The van der Waals surface area contributed by atoms with Gasteiger partial charge in [0.15, 0.2) is 5.56 Å². The number of hydrogen-bond donors (Lipinski definition) is 1. The van der Waals surface area contributed by atoms with E-state index in [9.17, 15) is 13.6 Å². The Balaban J connectivity index is 3.48. The van der Waals surface area contributed by atoms with Crippen LogP contribution >= 0.6 is 15.9 Å². The highest BCUT2D eigenvalue weighted by Crippen LogP contribution is 2.23. The Labute approximate surface area is 92.6 Å². The van der Waals surface area contributed by atoms with Crippen LogP contribution < -0.4 is 0 Å². The van der Waals surface area contributed by atoms with Crippen molar-refractivity contribution in [2.45, 2.75) is 6.42 Å². The molecule has 0 bridgehead atoms. The van der Waals surface area contributed by atoms with Crippen LogP contribution in [0.1, 0.15) is 15.9 Å². The molecule has 0 aliphatic heterocycles. The summed E-state index contributed by atoms with van der Waals surface area (Å²) in [5, 5.41) is 8.57. The molecule has 0 aliphatic rings. The van der Waals surface area contributed by atoms with Crippen molar-refractivity contribution in [1.82, 2.24) is 4.98 Å². The fourth-order valence-electron chi connectivity index (χ4n) is 1.04. The summed E-state index contributed by atoms with van der Waals surface area (Å²) in [6, 6.07) is 0. The van der Waals surface area contributed by atoms with Crippen molar-refractivity contribution < 1.29 is 18.7 Å². The minimum atomic E-state index is -1.68. The minimum Gasteiger partial charge on any atom is -0.477 e. The number of nitrogens with zero attached hydrogens (tertiary/aromatic N) is 1. The number of carboxylic acid groups (broad SMARTS) is 1. The molecule has 1 N–H and O–H groups in total. The SMILES string of the molecule is C=CCc1c(Br)nc(F)c(C(=O)O)c1F. The molecular weight excluding hydrogens is 272 g/mol. The van der Waals surface area contributed by atoms with Gasteiger partial charge in [-0.15, -0.1) is 6.58 Å². The van der Waals surface area contributed by atoms with Crippen LogP contribution in [0.25, 0.3) is 0 Å². The smallest absolute Gasteiger partial charge is 0.343 e. The topological polar surface area (TPSA) is 50.2 Å². The molecule has 0 radical (unpaired) electrons. The summed E-state index contributed by atoms with van der Waals surface area (Å²) < 4.78 is 26.4. The third-order valence-electron chi connectivity index (χ3n) is 1.70. The van der Waals surface area contributed by atoms with Crippen LogP contribution in [0.4, 0.5) is 8.78 Å². The number of carbonyl (C=O) groups is 1. The Morgan fingerprint density at radius 2 is 2.20 bits per heavy atom. The number of halogens is 3. The summed E-state index contributed by atoms with van der Waals surface area (Å²) in [6.45, 7) is 3.38. The van der Waals surface area contributed by atoms with Crippen LogP contribution in [-0.4, -0.2) is 16.1 Å². The molecule has 0 atom stereocenters. The van der Waals surface area contributed by atoms with E-state index in [0.717, 1.165) is 0 Å². The van der Waals surface area contributed by atoms with Gasteiger partial charge in [-0.1, -0.05) is 6.08 Å². The first-order valence-electron chi connectivity index (χ1n) is 3.86. The fourth-order valence-corrected chi connectivity index (χ4v) is 1.53. The average molecular weight is 278 g/mol. The molecule has 1 rings (SSSR count). The number of rotatable bonds is 3. The van der Waals surface area contributed by atoms with E-state index in [2.05, 4.69) is 27.5 Å². The van der Waals surface area contributed by atoms with Gasteiger partial charge in [-0.3, -0.25) is 0 Å². The van der Waals surface area contributed by atoms with Crippen LogP contribution in [0.2, 0.25) is 0 Å². The van der Waals surface area contributed by atoms with E-state index in [1.54, 1.807) is 0 Å². The molecule has 15 heavy (non-hydrogen) atoms. The van der Waals surface area contributed by atoms with Gasteiger partial charge in [-0.25, -0.2) is 14.2 Å². The standard InChI is InChI=1S/C9H6BrF2NO2/c1-2-3-4-6(11)5(9(14)15)8(12)13-7(4)10/h2H,1,3H2,(H,14,15). The maximum atomic E-state index is 13.5. The molecule has 1 aromatic rings. The first-order valence-corrected chi connectivity index (χ1v) is 4.65. The Morgan fingerprint density at radius 1 is 1.60 bits per heavy atom. The highest BCUT2D eigenvalue weighted by atomic mass is 79.9. The van der Waals surface area contributed by atoms with Gasteiger partial charge in [0.25, 0.3) is 0 Å². The van der Waals surface area contributed by atoms with E-state index in [0.29, 0.717) is 0 Å². The van der Waals surface area contributed by atoms with E-state index in [-0.39, 0.29) is 16.6 Å². The minimum absolute atomic E-state index is 0.0243. The molecular formula is C9H6BrF2NO2. The zero-order valence-corrected chi connectivity index (χ0v) is 9.01. The average Bonchev–Trinajstić information content (AvgIpc) is 2.11. The monoisotopic (exact) mass is 277 g/mol. The summed E-state index contributed by atoms with van der Waals surface area (Å²) in [7, 11) is 0. The van der Waals surface area contributed by atoms with Gasteiger partial charge in [-0.05, 0) is 22.4 Å². The molecule has 0 saturated heterocycles. The third kappa shape index (κ3) is 2.20. The lowest BCUT2D eigenvalue weighted by Gasteiger charge is -2.06. The van der Waals surface area contributed by atoms with Gasteiger partial charge in [0.2, 0.25) is 5.95 Å². The summed E-state index contributed by atoms with van der Waals surface area (Å²) in [4.78, 5) is 13.8. The lowest BCUT2D eigenvalue weighted by atomic mass is 10.1. The Kier molecular flexibility index (Phi) is 3.52. The van der Waals surface area contributed by atoms with Crippen LogP contribution in [0, 0.1) is 11.8 Å². The number of hydrogen-bond acceptors (Lipinski definition) is 2. The van der Waals surface area contributed by atoms with E-state index < -0.39 is 23.3 Å². The predicted octanol–water partition coefficient (Wildman–Crippen LogP) is 2.55. The molecule has 0 fully saturated rings.